The molecule has 0 aliphatic carbocycles. The lowest BCUT2D eigenvalue weighted by Gasteiger charge is -2.42. The van der Waals surface area contributed by atoms with E-state index in [4.69, 9.17) is 5.10 Å². The lowest BCUT2D eigenvalue weighted by atomic mass is 9.99. The molecule has 188 valence electrons. The minimum Gasteiger partial charge on any atom is -0.392 e. The number of aliphatic hydroxyl groups is 1. The molecule has 7 nitrogen and oxygen atoms in total. The summed E-state index contributed by atoms with van der Waals surface area (Å²) in [5.41, 5.74) is 7.02. The molecule has 2 aromatic heterocycles. The van der Waals surface area contributed by atoms with Gasteiger partial charge in [0.2, 0.25) is 0 Å². The van der Waals surface area contributed by atoms with Gasteiger partial charge in [-0.2, -0.15) is 5.10 Å². The van der Waals surface area contributed by atoms with E-state index in [1.165, 1.54) is 22.4 Å². The second-order valence-electron chi connectivity index (χ2n) is 9.19. The monoisotopic (exact) mass is 504 g/mol. The van der Waals surface area contributed by atoms with Crippen molar-refractivity contribution < 1.29 is 5.11 Å². The number of aliphatic hydroxyl groups excluding tert-OH is 1. The van der Waals surface area contributed by atoms with Crippen LogP contribution in [0.25, 0.3) is 0 Å². The van der Waals surface area contributed by atoms with E-state index < -0.39 is 0 Å². The van der Waals surface area contributed by atoms with Gasteiger partial charge in [0.05, 0.1) is 31.1 Å². The van der Waals surface area contributed by atoms with Crippen molar-refractivity contribution in [2.45, 2.75) is 39.6 Å². The Morgan fingerprint density at radius 2 is 1.69 bits per heavy atom. The zero-order valence-electron chi connectivity index (χ0n) is 20.8. The van der Waals surface area contributed by atoms with Crippen molar-refractivity contribution in [2.75, 3.05) is 24.5 Å². The van der Waals surface area contributed by atoms with Crippen molar-refractivity contribution in [3.63, 3.8) is 0 Å². The van der Waals surface area contributed by atoms with Crippen LogP contribution in [0.15, 0.2) is 73.2 Å². The molecule has 0 radical (unpaired) electrons. The number of aryl methyl sites for hydroxylation is 1. The Bertz CT molecular complexity index is 1250. The number of rotatable bonds is 7. The Kier molecular flexibility index (Phi) is 8.36. The first-order chi connectivity index (χ1) is 17.1. The van der Waals surface area contributed by atoms with Crippen LogP contribution in [0.2, 0.25) is 0 Å². The van der Waals surface area contributed by atoms with Gasteiger partial charge in [-0.15, -0.1) is 12.4 Å². The third kappa shape index (κ3) is 5.59. The van der Waals surface area contributed by atoms with Crippen molar-refractivity contribution in [1.29, 1.82) is 0 Å². The predicted octanol–water partition coefficient (Wildman–Crippen LogP) is 4.32. The molecule has 1 saturated heterocycles. The third-order valence-electron chi connectivity index (χ3n) is 6.98. The van der Waals surface area contributed by atoms with Crippen molar-refractivity contribution >= 4 is 18.2 Å². The third-order valence-corrected chi connectivity index (χ3v) is 6.98. The van der Waals surface area contributed by atoms with Crippen LogP contribution in [0.1, 0.15) is 39.7 Å². The number of hydrogen-bond acceptors (Lipinski definition) is 6. The SMILES string of the molecule is Cc1nn(Cc2ccccc2)c(C)c1CN1CCN(c2cnccn2)CC1c1ccc(CO)cc1.Cl. The van der Waals surface area contributed by atoms with E-state index in [2.05, 4.69) is 74.7 Å². The summed E-state index contributed by atoms with van der Waals surface area (Å²) >= 11 is 0. The number of anilines is 1. The molecule has 1 N–H and O–H groups in total. The van der Waals surface area contributed by atoms with Crippen molar-refractivity contribution in [3.05, 3.63) is 107 Å². The van der Waals surface area contributed by atoms with Crippen LogP contribution >= 0.6 is 12.4 Å². The molecule has 36 heavy (non-hydrogen) atoms. The van der Waals surface area contributed by atoms with Gasteiger partial charge in [0.25, 0.3) is 0 Å². The van der Waals surface area contributed by atoms with Crippen LogP contribution in [0.5, 0.6) is 0 Å². The summed E-state index contributed by atoms with van der Waals surface area (Å²) in [7, 11) is 0. The number of piperazine rings is 1. The van der Waals surface area contributed by atoms with Gasteiger partial charge in [-0.25, -0.2) is 4.98 Å². The van der Waals surface area contributed by atoms with Crippen molar-refractivity contribution in [1.82, 2.24) is 24.6 Å². The molecule has 4 aromatic rings. The van der Waals surface area contributed by atoms with Gasteiger partial charge in [-0.3, -0.25) is 14.6 Å². The molecular formula is C28H33ClN6O. The maximum Gasteiger partial charge on any atom is 0.147 e. The zero-order chi connectivity index (χ0) is 24.2. The Labute approximate surface area is 218 Å². The van der Waals surface area contributed by atoms with Crippen LogP contribution in [0.4, 0.5) is 5.82 Å². The molecule has 0 spiro atoms. The summed E-state index contributed by atoms with van der Waals surface area (Å²) in [5.74, 6) is 0.909. The van der Waals surface area contributed by atoms with E-state index >= 15 is 0 Å². The second kappa shape index (κ2) is 11.6. The number of benzene rings is 2. The van der Waals surface area contributed by atoms with Crippen molar-refractivity contribution in [2.24, 2.45) is 0 Å². The van der Waals surface area contributed by atoms with Gasteiger partial charge in [-0.05, 0) is 30.5 Å². The first-order valence-corrected chi connectivity index (χ1v) is 12.1. The Hall–Kier alpha value is -3.26. The highest BCUT2D eigenvalue weighted by molar-refractivity contribution is 5.85. The Balaban J connectivity index is 0.00000304. The first kappa shape index (κ1) is 25.8. The minimum absolute atomic E-state index is 0. The molecule has 8 heteroatoms. The van der Waals surface area contributed by atoms with Crippen LogP contribution in [0.3, 0.4) is 0 Å². The van der Waals surface area contributed by atoms with E-state index in [9.17, 15) is 5.11 Å². The summed E-state index contributed by atoms with van der Waals surface area (Å²) in [5, 5.41) is 14.4. The summed E-state index contributed by atoms with van der Waals surface area (Å²) in [4.78, 5) is 13.7. The first-order valence-electron chi connectivity index (χ1n) is 12.1. The fourth-order valence-corrected chi connectivity index (χ4v) is 4.91. The fraction of sp³-hybridized carbons (Fsp3) is 0.321. The molecular weight excluding hydrogens is 472 g/mol. The topological polar surface area (TPSA) is 70.3 Å². The van der Waals surface area contributed by atoms with E-state index in [0.717, 1.165) is 49.8 Å². The van der Waals surface area contributed by atoms with Gasteiger partial charge < -0.3 is 10.0 Å². The van der Waals surface area contributed by atoms with Crippen LogP contribution in [-0.4, -0.2) is 49.4 Å². The van der Waals surface area contributed by atoms with Crippen LogP contribution < -0.4 is 4.90 Å². The highest BCUT2D eigenvalue weighted by atomic mass is 35.5. The summed E-state index contributed by atoms with van der Waals surface area (Å²) in [6.45, 7) is 8.59. The number of hydrogen-bond donors (Lipinski definition) is 1. The molecule has 1 aliphatic heterocycles. The van der Waals surface area contributed by atoms with Gasteiger partial charge in [0.15, 0.2) is 0 Å². The number of aromatic nitrogens is 4. The van der Waals surface area contributed by atoms with Gasteiger partial charge in [0, 0.05) is 49.8 Å². The molecule has 1 atom stereocenters. The highest BCUT2D eigenvalue weighted by Gasteiger charge is 2.30. The van der Waals surface area contributed by atoms with Crippen LogP contribution in [-0.2, 0) is 19.7 Å². The minimum atomic E-state index is 0. The standard InChI is InChI=1S/C28H32N6O.ClH/c1-21-26(22(2)34(31-21)17-23-6-4-3-5-7-23)18-32-14-15-33(28-16-29-12-13-30-28)19-27(32)25-10-8-24(20-35)9-11-25;/h3-13,16,27,35H,14-15,17-20H2,1-2H3;1H. The lowest BCUT2D eigenvalue weighted by molar-refractivity contribution is 0.168. The predicted molar refractivity (Wildman–Crippen MR) is 144 cm³/mol. The van der Waals surface area contributed by atoms with Gasteiger partial charge >= 0.3 is 0 Å². The maximum atomic E-state index is 9.50. The van der Waals surface area contributed by atoms with Crippen molar-refractivity contribution in [3.8, 4) is 0 Å². The molecule has 0 amide bonds. The average Bonchev–Trinajstić information content (AvgIpc) is 3.17. The molecule has 1 aliphatic rings. The van der Waals surface area contributed by atoms with Gasteiger partial charge in [0.1, 0.15) is 5.82 Å². The van der Waals surface area contributed by atoms with Crippen LogP contribution in [0, 0.1) is 13.8 Å². The quantitative estimate of drug-likeness (QED) is 0.404. The fourth-order valence-electron chi connectivity index (χ4n) is 4.91. The smallest absolute Gasteiger partial charge is 0.147 e. The summed E-state index contributed by atoms with van der Waals surface area (Å²) in [6, 6.07) is 19.0. The molecule has 5 rings (SSSR count). The second-order valence-corrected chi connectivity index (χ2v) is 9.19. The summed E-state index contributed by atoms with van der Waals surface area (Å²) < 4.78 is 2.13. The van der Waals surface area contributed by atoms with E-state index in [1.807, 2.05) is 24.4 Å². The summed E-state index contributed by atoms with van der Waals surface area (Å²) in [6.07, 6.45) is 5.30. The molecule has 0 saturated carbocycles. The van der Waals surface area contributed by atoms with E-state index in [0.29, 0.717) is 0 Å². The Morgan fingerprint density at radius 3 is 2.39 bits per heavy atom. The number of nitrogens with zero attached hydrogens (tertiary/aromatic N) is 6. The highest BCUT2D eigenvalue weighted by Crippen LogP contribution is 2.30. The lowest BCUT2D eigenvalue weighted by Crippen LogP contribution is -2.48. The normalized spacial score (nSPS) is 16.1. The zero-order valence-corrected chi connectivity index (χ0v) is 21.6. The average molecular weight is 505 g/mol. The largest absolute Gasteiger partial charge is 0.392 e. The maximum absolute atomic E-state index is 9.50. The number of halogens is 1. The molecule has 1 fully saturated rings. The molecule has 3 heterocycles. The van der Waals surface area contributed by atoms with E-state index in [1.54, 1.807) is 12.4 Å². The molecule has 0 bridgehead atoms. The van der Waals surface area contributed by atoms with Gasteiger partial charge in [-0.1, -0.05) is 54.6 Å². The molecule has 2 aromatic carbocycles. The van der Waals surface area contributed by atoms with E-state index in [-0.39, 0.29) is 25.1 Å². The Morgan fingerprint density at radius 1 is 0.917 bits per heavy atom. The molecule has 1 unspecified atom stereocenters.